The van der Waals surface area contributed by atoms with Crippen LogP contribution in [0.2, 0.25) is 5.15 Å². The summed E-state index contributed by atoms with van der Waals surface area (Å²) in [6.07, 6.45) is 3.70. The van der Waals surface area contributed by atoms with Crippen molar-refractivity contribution in [2.45, 2.75) is 38.9 Å². The van der Waals surface area contributed by atoms with Gasteiger partial charge in [0.2, 0.25) is 0 Å². The lowest BCUT2D eigenvalue weighted by atomic mass is 10.0. The molecule has 1 aliphatic rings. The van der Waals surface area contributed by atoms with Gasteiger partial charge in [0, 0.05) is 48.4 Å². The Kier molecular flexibility index (Phi) is 6.59. The summed E-state index contributed by atoms with van der Waals surface area (Å²) in [7, 11) is 0. The van der Waals surface area contributed by atoms with Crippen molar-refractivity contribution in [3.8, 4) is 11.3 Å². The Bertz CT molecular complexity index is 1300. The summed E-state index contributed by atoms with van der Waals surface area (Å²) >= 11 is 6.08. The Labute approximate surface area is 202 Å². The molecular weight excluding hydrogens is 456 g/mol. The van der Waals surface area contributed by atoms with Gasteiger partial charge in [-0.1, -0.05) is 17.7 Å². The summed E-state index contributed by atoms with van der Waals surface area (Å²) < 4.78 is 28.2. The van der Waals surface area contributed by atoms with Crippen molar-refractivity contribution < 1.29 is 8.78 Å². The molecule has 5 rings (SSSR count). The monoisotopic (exact) mass is 481 g/mol. The molecule has 0 amide bonds. The highest BCUT2D eigenvalue weighted by atomic mass is 35.5. The number of hydrogen-bond acceptors (Lipinski definition) is 4. The minimum Gasteiger partial charge on any atom is -0.309 e. The van der Waals surface area contributed by atoms with Crippen LogP contribution in [0.3, 0.4) is 0 Å². The molecule has 0 saturated carbocycles. The number of hydrogen-bond donors (Lipinski definition) is 2. The third kappa shape index (κ3) is 4.82. The fraction of sp³-hybridized carbons (Fsp3) is 0.308. The van der Waals surface area contributed by atoms with E-state index in [-0.39, 0.29) is 18.2 Å². The number of likely N-dealkylation sites (tertiary alicyclic amines) is 1. The average molecular weight is 482 g/mol. The van der Waals surface area contributed by atoms with E-state index in [4.69, 9.17) is 11.6 Å². The Balaban J connectivity index is 1.30. The third-order valence-electron chi connectivity index (χ3n) is 6.55. The molecule has 3 heterocycles. The fourth-order valence-corrected chi connectivity index (χ4v) is 4.88. The number of aromatic amines is 1. The molecular formula is C26H26ClF2N5. The van der Waals surface area contributed by atoms with Gasteiger partial charge in [-0.25, -0.2) is 13.8 Å². The second kappa shape index (κ2) is 9.78. The van der Waals surface area contributed by atoms with Gasteiger partial charge in [-0.05, 0) is 73.8 Å². The van der Waals surface area contributed by atoms with Crippen LogP contribution in [-0.2, 0) is 13.1 Å². The lowest BCUT2D eigenvalue weighted by Crippen LogP contribution is -2.45. The molecule has 0 aliphatic carbocycles. The molecule has 2 aromatic heterocycles. The van der Waals surface area contributed by atoms with E-state index in [1.54, 1.807) is 6.20 Å². The van der Waals surface area contributed by atoms with E-state index in [1.807, 2.05) is 12.1 Å². The maximum Gasteiger partial charge on any atom is 0.130 e. The first-order valence-corrected chi connectivity index (χ1v) is 11.8. The molecule has 1 saturated heterocycles. The number of piperidine rings is 1. The number of benzene rings is 2. The van der Waals surface area contributed by atoms with Crippen LogP contribution < -0.4 is 5.32 Å². The molecule has 34 heavy (non-hydrogen) atoms. The summed E-state index contributed by atoms with van der Waals surface area (Å²) in [4.78, 5) is 6.18. The minimum absolute atomic E-state index is 0.146. The van der Waals surface area contributed by atoms with E-state index in [0.717, 1.165) is 48.1 Å². The first-order chi connectivity index (χ1) is 16.5. The predicted molar refractivity (Wildman–Crippen MR) is 131 cm³/mol. The largest absolute Gasteiger partial charge is 0.309 e. The maximum atomic E-state index is 14.1. The first kappa shape index (κ1) is 22.9. The minimum atomic E-state index is -0.481. The third-order valence-corrected chi connectivity index (χ3v) is 6.76. The van der Waals surface area contributed by atoms with Crippen LogP contribution in [0, 0.1) is 18.6 Å². The maximum absolute atomic E-state index is 14.1. The van der Waals surface area contributed by atoms with Crippen molar-refractivity contribution in [1.29, 1.82) is 0 Å². The van der Waals surface area contributed by atoms with Gasteiger partial charge in [-0.2, -0.15) is 5.10 Å². The van der Waals surface area contributed by atoms with Gasteiger partial charge in [0.1, 0.15) is 22.5 Å². The molecule has 1 fully saturated rings. The summed E-state index contributed by atoms with van der Waals surface area (Å²) in [5.74, 6) is -0.962. The topological polar surface area (TPSA) is 56.8 Å². The highest BCUT2D eigenvalue weighted by Gasteiger charge is 2.22. The van der Waals surface area contributed by atoms with E-state index in [0.29, 0.717) is 11.7 Å². The van der Waals surface area contributed by atoms with Gasteiger partial charge in [-0.3, -0.25) is 10.00 Å². The van der Waals surface area contributed by atoms with Crippen molar-refractivity contribution in [3.63, 3.8) is 0 Å². The van der Waals surface area contributed by atoms with Crippen molar-refractivity contribution in [2.24, 2.45) is 0 Å². The molecule has 0 radical (unpaired) electrons. The first-order valence-electron chi connectivity index (χ1n) is 11.5. The van der Waals surface area contributed by atoms with Gasteiger partial charge in [0.05, 0.1) is 5.52 Å². The van der Waals surface area contributed by atoms with Gasteiger partial charge in [-0.15, -0.1) is 0 Å². The second-order valence-corrected chi connectivity index (χ2v) is 9.31. The normalized spacial score (nSPS) is 16.9. The second-order valence-electron chi connectivity index (χ2n) is 8.92. The molecule has 2 aromatic carbocycles. The highest BCUT2D eigenvalue weighted by molar-refractivity contribution is 6.29. The average Bonchev–Trinajstić information content (AvgIpc) is 3.23. The van der Waals surface area contributed by atoms with Crippen molar-refractivity contribution in [1.82, 2.24) is 25.4 Å². The van der Waals surface area contributed by atoms with Gasteiger partial charge >= 0.3 is 0 Å². The lowest BCUT2D eigenvalue weighted by molar-refractivity contribution is 0.179. The van der Waals surface area contributed by atoms with Crippen LogP contribution in [0.1, 0.15) is 29.5 Å². The van der Waals surface area contributed by atoms with Crippen LogP contribution in [0.5, 0.6) is 0 Å². The van der Waals surface area contributed by atoms with Crippen LogP contribution in [0.4, 0.5) is 8.78 Å². The van der Waals surface area contributed by atoms with Gasteiger partial charge in [0.15, 0.2) is 0 Å². The summed E-state index contributed by atoms with van der Waals surface area (Å²) in [5.41, 5.74) is 5.23. The summed E-state index contributed by atoms with van der Waals surface area (Å²) in [6.45, 7) is 4.67. The zero-order chi connectivity index (χ0) is 23.7. The van der Waals surface area contributed by atoms with E-state index < -0.39 is 11.6 Å². The number of fused-ring (bicyclic) bond motifs is 1. The summed E-state index contributed by atoms with van der Waals surface area (Å²) in [5, 5.41) is 12.7. The molecule has 1 atom stereocenters. The number of aryl methyl sites for hydroxylation is 1. The number of pyridine rings is 1. The van der Waals surface area contributed by atoms with Crippen LogP contribution in [0.25, 0.3) is 22.2 Å². The van der Waals surface area contributed by atoms with E-state index in [2.05, 4.69) is 44.5 Å². The molecule has 5 nitrogen and oxygen atoms in total. The van der Waals surface area contributed by atoms with Crippen LogP contribution >= 0.6 is 11.6 Å². The van der Waals surface area contributed by atoms with Crippen molar-refractivity contribution >= 4 is 22.5 Å². The number of aromatic nitrogens is 3. The Morgan fingerprint density at radius 3 is 2.79 bits per heavy atom. The zero-order valence-corrected chi connectivity index (χ0v) is 19.7. The van der Waals surface area contributed by atoms with Crippen LogP contribution in [0.15, 0.2) is 48.7 Å². The Morgan fingerprint density at radius 1 is 1.18 bits per heavy atom. The Hall–Kier alpha value is -2.87. The fourth-order valence-electron chi connectivity index (χ4n) is 4.70. The predicted octanol–water partition coefficient (Wildman–Crippen LogP) is 5.62. The number of nitrogens with one attached hydrogen (secondary N) is 2. The number of halogens is 3. The van der Waals surface area contributed by atoms with Crippen molar-refractivity contribution in [3.05, 3.63) is 82.1 Å². The number of H-pyrrole nitrogens is 1. The van der Waals surface area contributed by atoms with Crippen LogP contribution in [-0.4, -0.2) is 39.2 Å². The molecule has 176 valence electrons. The molecule has 0 spiro atoms. The molecule has 4 aromatic rings. The van der Waals surface area contributed by atoms with Crippen molar-refractivity contribution in [2.75, 3.05) is 13.1 Å². The molecule has 2 N–H and O–H groups in total. The number of rotatable bonds is 6. The SMILES string of the molecule is Cc1cc2[nH]nc(-c3ccnc(Cl)c3)c2cc1CNC1CCCN(Cc2c(F)cccc2F)C1. The van der Waals surface area contributed by atoms with Gasteiger partial charge in [0.25, 0.3) is 0 Å². The molecule has 8 heteroatoms. The molecule has 0 bridgehead atoms. The van der Waals surface area contributed by atoms with E-state index >= 15 is 0 Å². The lowest BCUT2D eigenvalue weighted by Gasteiger charge is -2.33. The van der Waals surface area contributed by atoms with Gasteiger partial charge < -0.3 is 5.32 Å². The zero-order valence-electron chi connectivity index (χ0n) is 18.9. The van der Waals surface area contributed by atoms with E-state index in [1.165, 1.54) is 29.3 Å². The molecule has 1 unspecified atom stereocenters. The standard InChI is InChI=1S/C26H26ClF2N5/c1-16-10-24-20(26(33-32-24)17-7-8-30-25(27)12-17)11-18(16)13-31-19-4-3-9-34(14-19)15-21-22(28)5-2-6-23(21)29/h2,5-8,10-12,19,31H,3-4,9,13-15H2,1H3,(H,32,33). The summed E-state index contributed by atoms with van der Waals surface area (Å²) in [6, 6.07) is 12.3. The quantitative estimate of drug-likeness (QED) is 0.351. The number of nitrogens with zero attached hydrogens (tertiary/aromatic N) is 3. The highest BCUT2D eigenvalue weighted by Crippen LogP contribution is 2.29. The Morgan fingerprint density at radius 2 is 2.00 bits per heavy atom. The van der Waals surface area contributed by atoms with E-state index in [9.17, 15) is 8.78 Å². The molecule has 1 aliphatic heterocycles. The smallest absolute Gasteiger partial charge is 0.130 e.